The topological polar surface area (TPSA) is 44.8 Å². The summed E-state index contributed by atoms with van der Waals surface area (Å²) in [4.78, 5) is 12.4. The third-order valence-corrected chi connectivity index (χ3v) is 4.51. The Labute approximate surface area is 122 Å². The highest BCUT2D eigenvalue weighted by Crippen LogP contribution is 2.45. The smallest absolute Gasteiger partial charge is 0.312 e. The Kier molecular flexibility index (Phi) is 4.18. The van der Waals surface area contributed by atoms with Gasteiger partial charge in [-0.15, -0.1) is 0 Å². The van der Waals surface area contributed by atoms with Crippen molar-refractivity contribution < 1.29 is 19.0 Å². The molecular weight excluding hydrogens is 256 g/mol. The Bertz CT molecular complexity index is 351. The fourth-order valence-electron chi connectivity index (χ4n) is 3.14. The first-order valence-electron chi connectivity index (χ1n) is 7.66. The molecule has 1 saturated heterocycles. The number of esters is 1. The minimum absolute atomic E-state index is 0.0980. The molecule has 0 aromatic carbocycles. The molecule has 4 nitrogen and oxygen atoms in total. The lowest BCUT2D eigenvalue weighted by Crippen LogP contribution is -2.44. The summed E-state index contributed by atoms with van der Waals surface area (Å²) in [5.41, 5.74) is -0.880. The quantitative estimate of drug-likeness (QED) is 0.730. The first-order valence-corrected chi connectivity index (χ1v) is 7.66. The Morgan fingerprint density at radius 2 is 1.55 bits per heavy atom. The lowest BCUT2D eigenvalue weighted by atomic mass is 9.69. The number of carbonyl (C=O) groups is 1. The second-order valence-electron chi connectivity index (χ2n) is 7.61. The Morgan fingerprint density at radius 3 is 2.00 bits per heavy atom. The molecule has 0 bridgehead atoms. The minimum Gasteiger partial charge on any atom is -0.460 e. The summed E-state index contributed by atoms with van der Waals surface area (Å²) in [5, 5.41) is 0. The van der Waals surface area contributed by atoms with Gasteiger partial charge in [0.05, 0.1) is 18.6 Å². The summed E-state index contributed by atoms with van der Waals surface area (Å²) in [7, 11) is 0. The van der Waals surface area contributed by atoms with Crippen molar-refractivity contribution in [1.29, 1.82) is 0 Å². The third-order valence-electron chi connectivity index (χ3n) is 4.51. The largest absolute Gasteiger partial charge is 0.460 e. The average molecular weight is 284 g/mol. The zero-order valence-electron chi connectivity index (χ0n) is 13.5. The second-order valence-corrected chi connectivity index (χ2v) is 7.61. The lowest BCUT2D eigenvalue weighted by molar-refractivity contribution is -0.194. The maximum atomic E-state index is 12.4. The van der Waals surface area contributed by atoms with Gasteiger partial charge in [0.25, 0.3) is 0 Å². The zero-order chi connectivity index (χ0) is 15.0. The van der Waals surface area contributed by atoms with Gasteiger partial charge in [0.15, 0.2) is 5.79 Å². The van der Waals surface area contributed by atoms with Gasteiger partial charge in [0, 0.05) is 12.8 Å². The molecule has 1 saturated carbocycles. The molecule has 0 aromatic rings. The van der Waals surface area contributed by atoms with Gasteiger partial charge in [0.2, 0.25) is 0 Å². The zero-order valence-corrected chi connectivity index (χ0v) is 13.5. The first-order chi connectivity index (χ1) is 9.15. The molecule has 2 aliphatic rings. The fraction of sp³-hybridized carbons (Fsp3) is 0.938. The van der Waals surface area contributed by atoms with Crippen LogP contribution >= 0.6 is 0 Å². The van der Waals surface area contributed by atoms with Gasteiger partial charge in [-0.3, -0.25) is 4.79 Å². The lowest BCUT2D eigenvalue weighted by Gasteiger charge is -2.41. The molecule has 20 heavy (non-hydrogen) atoms. The van der Waals surface area contributed by atoms with E-state index in [1.165, 1.54) is 0 Å². The van der Waals surface area contributed by atoms with Crippen LogP contribution in [-0.2, 0) is 19.0 Å². The summed E-state index contributed by atoms with van der Waals surface area (Å²) in [5.74, 6) is -0.129. The van der Waals surface area contributed by atoms with Crippen molar-refractivity contribution in [3.05, 3.63) is 0 Å². The van der Waals surface area contributed by atoms with E-state index in [9.17, 15) is 4.79 Å². The summed E-state index contributed by atoms with van der Waals surface area (Å²) < 4.78 is 17.1. The monoisotopic (exact) mass is 284 g/mol. The van der Waals surface area contributed by atoms with Crippen molar-refractivity contribution in [3.63, 3.8) is 0 Å². The van der Waals surface area contributed by atoms with Crippen LogP contribution in [0.1, 0.15) is 60.3 Å². The van der Waals surface area contributed by atoms with Crippen LogP contribution < -0.4 is 0 Å². The van der Waals surface area contributed by atoms with E-state index in [0.717, 1.165) is 25.7 Å². The van der Waals surface area contributed by atoms with Crippen molar-refractivity contribution in [3.8, 4) is 0 Å². The van der Waals surface area contributed by atoms with Crippen LogP contribution in [-0.4, -0.2) is 30.6 Å². The average Bonchev–Trinajstić information content (AvgIpc) is 2.76. The molecule has 0 N–H and O–H groups in total. The standard InChI is InChI=1S/C16H28O4/c1-14(2,3)20-13(17)15(4,5)12-6-8-16(9-7-12)18-10-11-19-16/h12H,6-11H2,1-5H3. The van der Waals surface area contributed by atoms with Crippen LogP contribution in [0.3, 0.4) is 0 Å². The first kappa shape index (κ1) is 15.8. The predicted molar refractivity (Wildman–Crippen MR) is 76.2 cm³/mol. The van der Waals surface area contributed by atoms with Crippen LogP contribution in [0.15, 0.2) is 0 Å². The minimum atomic E-state index is -0.451. The normalized spacial score (nSPS) is 24.1. The molecule has 0 unspecified atom stereocenters. The number of hydrogen-bond acceptors (Lipinski definition) is 4. The molecule has 0 radical (unpaired) electrons. The van der Waals surface area contributed by atoms with E-state index in [4.69, 9.17) is 14.2 Å². The fourth-order valence-corrected chi connectivity index (χ4v) is 3.14. The van der Waals surface area contributed by atoms with E-state index in [1.807, 2.05) is 34.6 Å². The van der Waals surface area contributed by atoms with Crippen LogP contribution in [0.2, 0.25) is 0 Å². The molecule has 2 fully saturated rings. The number of hydrogen-bond donors (Lipinski definition) is 0. The predicted octanol–water partition coefficient (Wildman–Crippen LogP) is 3.29. The molecule has 0 aromatic heterocycles. The summed E-state index contributed by atoms with van der Waals surface area (Å²) >= 11 is 0. The van der Waals surface area contributed by atoms with Gasteiger partial charge in [-0.25, -0.2) is 0 Å². The van der Waals surface area contributed by atoms with Gasteiger partial charge in [-0.1, -0.05) is 0 Å². The molecule has 1 aliphatic heterocycles. The van der Waals surface area contributed by atoms with E-state index in [1.54, 1.807) is 0 Å². The van der Waals surface area contributed by atoms with Gasteiger partial charge >= 0.3 is 5.97 Å². The van der Waals surface area contributed by atoms with Crippen molar-refractivity contribution in [2.75, 3.05) is 13.2 Å². The highest BCUT2D eigenvalue weighted by Gasteiger charge is 2.47. The van der Waals surface area contributed by atoms with Gasteiger partial charge < -0.3 is 14.2 Å². The number of carbonyl (C=O) groups excluding carboxylic acids is 1. The van der Waals surface area contributed by atoms with E-state index < -0.39 is 11.0 Å². The van der Waals surface area contributed by atoms with Crippen molar-refractivity contribution in [1.82, 2.24) is 0 Å². The molecule has 0 amide bonds. The molecule has 0 atom stereocenters. The van der Waals surface area contributed by atoms with Crippen molar-refractivity contribution in [2.24, 2.45) is 11.3 Å². The van der Waals surface area contributed by atoms with Crippen molar-refractivity contribution >= 4 is 5.97 Å². The van der Waals surface area contributed by atoms with E-state index in [2.05, 4.69) is 0 Å². The molecule has 4 heteroatoms. The molecule has 1 heterocycles. The molecule has 116 valence electrons. The Morgan fingerprint density at radius 1 is 1.05 bits per heavy atom. The maximum Gasteiger partial charge on any atom is 0.312 e. The third kappa shape index (κ3) is 3.34. The van der Waals surface area contributed by atoms with Gasteiger partial charge in [-0.2, -0.15) is 0 Å². The van der Waals surface area contributed by atoms with Crippen molar-refractivity contribution in [2.45, 2.75) is 71.7 Å². The SMILES string of the molecule is CC(C)(C)OC(=O)C(C)(C)C1CCC2(CC1)OCCO2. The summed E-state index contributed by atoms with van der Waals surface area (Å²) in [6.45, 7) is 11.1. The van der Waals surface area contributed by atoms with E-state index in [0.29, 0.717) is 19.1 Å². The van der Waals surface area contributed by atoms with E-state index >= 15 is 0 Å². The summed E-state index contributed by atoms with van der Waals surface area (Å²) in [6, 6.07) is 0. The number of rotatable bonds is 2. The van der Waals surface area contributed by atoms with Gasteiger partial charge in [-0.05, 0) is 53.4 Å². The van der Waals surface area contributed by atoms with Gasteiger partial charge in [0.1, 0.15) is 5.60 Å². The molecule has 1 spiro atoms. The van der Waals surface area contributed by atoms with Crippen LogP contribution in [0.5, 0.6) is 0 Å². The highest BCUT2D eigenvalue weighted by molar-refractivity contribution is 5.76. The molecule has 1 aliphatic carbocycles. The van der Waals surface area contributed by atoms with Crippen LogP contribution in [0.25, 0.3) is 0 Å². The second kappa shape index (κ2) is 5.30. The summed E-state index contributed by atoms with van der Waals surface area (Å²) in [6.07, 6.45) is 3.66. The molecular formula is C16H28O4. The van der Waals surface area contributed by atoms with Crippen LogP contribution in [0.4, 0.5) is 0 Å². The maximum absolute atomic E-state index is 12.4. The number of ether oxygens (including phenoxy) is 3. The van der Waals surface area contributed by atoms with Crippen LogP contribution in [0, 0.1) is 11.3 Å². The van der Waals surface area contributed by atoms with E-state index in [-0.39, 0.29) is 11.8 Å². The highest BCUT2D eigenvalue weighted by atomic mass is 16.7. The molecule has 2 rings (SSSR count). The Hall–Kier alpha value is -0.610. The Balaban J connectivity index is 1.95.